The second-order valence-electron chi connectivity index (χ2n) is 19.3. The number of imide groups is 1. The Bertz CT molecular complexity index is 2710. The first-order valence-corrected chi connectivity index (χ1v) is 24.7. The molecule has 22 heteroatoms. The van der Waals surface area contributed by atoms with Crippen LogP contribution in [0.4, 0.5) is 40.7 Å². The van der Waals surface area contributed by atoms with Gasteiger partial charge in [0.25, 0.3) is 0 Å². The number of piperidine rings is 1. The van der Waals surface area contributed by atoms with E-state index in [2.05, 4.69) is 30.2 Å². The van der Waals surface area contributed by atoms with Crippen LogP contribution in [0.15, 0.2) is 46.2 Å². The van der Waals surface area contributed by atoms with Gasteiger partial charge in [-0.15, -0.1) is 0 Å². The maximum Gasteiger partial charge on any atom is 0.421 e. The summed E-state index contributed by atoms with van der Waals surface area (Å²) in [6, 6.07) is 6.29. The first kappa shape index (κ1) is 49.3. The number of alkyl halides is 3. The highest BCUT2D eigenvalue weighted by Gasteiger charge is 2.41. The van der Waals surface area contributed by atoms with Gasteiger partial charge in [0.1, 0.15) is 22.9 Å². The maximum absolute atomic E-state index is 16.1. The van der Waals surface area contributed by atoms with Crippen LogP contribution >= 0.6 is 0 Å². The van der Waals surface area contributed by atoms with Crippen LogP contribution in [0.5, 0.6) is 0 Å². The molecule has 0 bridgehead atoms. The van der Waals surface area contributed by atoms with Crippen molar-refractivity contribution in [3.05, 3.63) is 64.0 Å². The van der Waals surface area contributed by atoms with Crippen LogP contribution in [-0.4, -0.2) is 120 Å². The molecule has 1 unspecified atom stereocenters. The monoisotopic (exact) mass is 972 g/mol. The first-order valence-electron chi connectivity index (χ1n) is 23.2. The molecule has 4 aromatic rings. The van der Waals surface area contributed by atoms with Crippen molar-refractivity contribution in [1.29, 1.82) is 0 Å². The lowest BCUT2D eigenvalue weighted by Gasteiger charge is -2.39. The number of rotatable bonds is 14. The highest BCUT2D eigenvalue weighted by molar-refractivity contribution is 7.89. The van der Waals surface area contributed by atoms with Gasteiger partial charge in [-0.05, 0) is 108 Å². The van der Waals surface area contributed by atoms with E-state index in [4.69, 9.17) is 4.74 Å². The summed E-state index contributed by atoms with van der Waals surface area (Å²) in [4.78, 5) is 51.6. The van der Waals surface area contributed by atoms with E-state index in [1.807, 2.05) is 4.90 Å². The van der Waals surface area contributed by atoms with E-state index >= 15 is 4.39 Å². The number of amides is 2. The summed E-state index contributed by atoms with van der Waals surface area (Å²) in [5.41, 5.74) is -0.819. The number of carbonyl (C=O) groups excluding carboxylic acids is 2. The summed E-state index contributed by atoms with van der Waals surface area (Å²) in [6.45, 7) is 10.9. The first-order chi connectivity index (χ1) is 32.1. The van der Waals surface area contributed by atoms with Gasteiger partial charge in [0.15, 0.2) is 5.82 Å². The van der Waals surface area contributed by atoms with E-state index in [9.17, 15) is 41.1 Å². The average molecular weight is 973 g/mol. The van der Waals surface area contributed by atoms with E-state index in [0.29, 0.717) is 47.9 Å². The second kappa shape index (κ2) is 19.3. The van der Waals surface area contributed by atoms with Crippen LogP contribution in [-0.2, 0) is 37.6 Å². The Kier molecular flexibility index (Phi) is 14.0. The molecule has 17 nitrogen and oxygen atoms in total. The largest absolute Gasteiger partial charge is 0.421 e. The van der Waals surface area contributed by atoms with Crippen molar-refractivity contribution < 1.29 is 45.4 Å². The predicted molar refractivity (Wildman–Crippen MR) is 247 cm³/mol. The van der Waals surface area contributed by atoms with Crippen molar-refractivity contribution in [2.24, 2.45) is 18.9 Å². The minimum atomic E-state index is -4.70. The minimum absolute atomic E-state index is 0.0114. The smallest absolute Gasteiger partial charge is 0.390 e. The molecule has 370 valence electrons. The number of hydrogen-bond acceptors (Lipinski definition) is 13. The van der Waals surface area contributed by atoms with Gasteiger partial charge < -0.3 is 25.0 Å². The number of sulfonamides is 1. The predicted octanol–water partition coefficient (Wildman–Crippen LogP) is 4.98. The van der Waals surface area contributed by atoms with Crippen molar-refractivity contribution in [2.45, 2.75) is 108 Å². The number of carbonyl (C=O) groups is 2. The van der Waals surface area contributed by atoms with Crippen molar-refractivity contribution >= 4 is 56.0 Å². The molecule has 0 radical (unpaired) electrons. The Morgan fingerprint density at radius 2 is 1.69 bits per heavy atom. The Hall–Kier alpha value is -5.16. The number of anilines is 4. The van der Waals surface area contributed by atoms with Gasteiger partial charge in [0.2, 0.25) is 27.8 Å². The van der Waals surface area contributed by atoms with Crippen molar-refractivity contribution in [3.8, 4) is 0 Å². The van der Waals surface area contributed by atoms with Crippen molar-refractivity contribution in [1.82, 2.24) is 34.0 Å². The quantitative estimate of drug-likeness (QED) is 0.0977. The number of imidazole rings is 1. The van der Waals surface area contributed by atoms with Gasteiger partial charge in [0, 0.05) is 83.1 Å². The molecule has 2 aromatic heterocycles. The number of fused-ring (bicyclic) bond motifs is 1. The van der Waals surface area contributed by atoms with Crippen LogP contribution in [0.3, 0.4) is 0 Å². The molecular weight excluding hydrogens is 913 g/mol. The third-order valence-corrected chi connectivity index (χ3v) is 15.5. The number of nitrogens with zero attached hydrogens (tertiary/aromatic N) is 7. The standard InChI is InChI=1S/C46H60F4N10O7S/c1-27-22-32(10-11-34(27)52-43-51-23-33(46(48,49)50)41(54-43)59-17-16-30(25-59)45(3,4)64)68(65,66)55-28(2)26-67-31-8-6-29(7-9-31)24-57-18-20-58(21-19-57)35-12-13-36-40(39(35)47)56(5)44(63)60(36)37-14-15-38(61)53-42(37)62/h10-13,22-23,28-31,37,55,64H,6-9,14-21,24-26H2,1-5H3,(H,51,52,54)(H,53,61,62)/t28-,29?,30-,31?,37?/m0/s1. The normalized spacial score (nSPS) is 22.8. The van der Waals surface area contributed by atoms with Crippen LogP contribution in [0.25, 0.3) is 11.0 Å². The Labute approximate surface area is 392 Å². The zero-order chi connectivity index (χ0) is 48.9. The highest BCUT2D eigenvalue weighted by Crippen LogP contribution is 2.39. The summed E-state index contributed by atoms with van der Waals surface area (Å²) in [5, 5.41) is 15.7. The van der Waals surface area contributed by atoms with Crippen LogP contribution in [0.1, 0.15) is 82.9 Å². The molecular formula is C46H60F4N10O7S. The van der Waals surface area contributed by atoms with E-state index in [0.717, 1.165) is 51.5 Å². The van der Waals surface area contributed by atoms with Gasteiger partial charge in [-0.1, -0.05) is 0 Å². The van der Waals surface area contributed by atoms with E-state index in [1.54, 1.807) is 39.8 Å². The fraction of sp³-hybridized carbons (Fsp3) is 0.587. The minimum Gasteiger partial charge on any atom is -0.390 e. The van der Waals surface area contributed by atoms with E-state index in [1.165, 1.54) is 39.3 Å². The molecule has 2 aromatic carbocycles. The molecule has 4 aliphatic rings. The number of aromatic nitrogens is 4. The Morgan fingerprint density at radius 3 is 2.34 bits per heavy atom. The average Bonchev–Trinajstić information content (AvgIpc) is 3.88. The molecule has 3 saturated heterocycles. The number of ether oxygens (including phenoxy) is 1. The number of halogens is 4. The molecule has 1 saturated carbocycles. The fourth-order valence-corrected chi connectivity index (χ4v) is 11.3. The molecule has 2 amide bonds. The lowest BCUT2D eigenvalue weighted by atomic mass is 9.87. The van der Waals surface area contributed by atoms with Gasteiger partial charge in [0.05, 0.1) is 34.4 Å². The molecule has 3 aliphatic heterocycles. The zero-order valence-electron chi connectivity index (χ0n) is 38.9. The molecule has 5 heterocycles. The van der Waals surface area contributed by atoms with Crippen LogP contribution in [0, 0.1) is 24.6 Å². The number of nitrogens with one attached hydrogen (secondary N) is 3. The third-order valence-electron chi connectivity index (χ3n) is 14.0. The molecule has 8 rings (SSSR count). The van der Waals surface area contributed by atoms with Gasteiger partial charge in [-0.2, -0.15) is 18.2 Å². The highest BCUT2D eigenvalue weighted by atomic mass is 32.2. The topological polar surface area (TPSA) is 196 Å². The number of piperazine rings is 1. The lowest BCUT2D eigenvalue weighted by molar-refractivity contribution is -0.138. The molecule has 68 heavy (non-hydrogen) atoms. The van der Waals surface area contributed by atoms with Crippen LogP contribution < -0.4 is 30.8 Å². The van der Waals surface area contributed by atoms with Gasteiger partial charge >= 0.3 is 11.9 Å². The SMILES string of the molecule is Cc1cc(S(=O)(=O)N[C@@H](C)COC2CCC(CN3CCN(c4ccc5c(c4F)n(C)c(=O)n5C4CCC(=O)NC4=O)CC3)CC2)ccc1Nc1ncc(C(F)(F)F)c(N2CC[C@H](C(C)(C)O)C2)n1. The molecule has 3 atom stereocenters. The molecule has 4 N–H and O–H groups in total. The summed E-state index contributed by atoms with van der Waals surface area (Å²) in [6.07, 6.45) is 0.366. The third kappa shape index (κ3) is 10.5. The number of aliphatic hydroxyl groups is 1. The zero-order valence-corrected chi connectivity index (χ0v) is 39.7. The second-order valence-corrected chi connectivity index (χ2v) is 21.1. The lowest BCUT2D eigenvalue weighted by Crippen LogP contribution is -2.48. The summed E-state index contributed by atoms with van der Waals surface area (Å²) in [7, 11) is -2.47. The molecule has 4 fully saturated rings. The maximum atomic E-state index is 16.1. The van der Waals surface area contributed by atoms with Gasteiger partial charge in [-0.3, -0.25) is 28.9 Å². The molecule has 0 spiro atoms. The van der Waals surface area contributed by atoms with E-state index in [-0.39, 0.29) is 66.7 Å². The van der Waals surface area contributed by atoms with Gasteiger partial charge in [-0.25, -0.2) is 27.3 Å². The Balaban J connectivity index is 0.788. The molecule has 1 aliphatic carbocycles. The van der Waals surface area contributed by atoms with E-state index < -0.39 is 62.8 Å². The number of aryl methyl sites for hydroxylation is 2. The Morgan fingerprint density at radius 1 is 0.971 bits per heavy atom. The fourth-order valence-electron chi connectivity index (χ4n) is 10.0. The number of benzene rings is 2. The van der Waals surface area contributed by atoms with Crippen LogP contribution in [0.2, 0.25) is 0 Å². The van der Waals surface area contributed by atoms with Crippen molar-refractivity contribution in [3.63, 3.8) is 0 Å². The summed E-state index contributed by atoms with van der Waals surface area (Å²) in [5.74, 6) is -1.65. The summed E-state index contributed by atoms with van der Waals surface area (Å²) >= 11 is 0. The van der Waals surface area contributed by atoms with Crippen molar-refractivity contribution in [2.75, 3.05) is 67.5 Å². The summed E-state index contributed by atoms with van der Waals surface area (Å²) < 4.78 is 96.4. The number of hydrogen-bond donors (Lipinski definition) is 4.